The lowest BCUT2D eigenvalue weighted by Gasteiger charge is -2.50. The maximum absolute atomic E-state index is 13.8. The van der Waals surface area contributed by atoms with Gasteiger partial charge in [0.1, 0.15) is 5.82 Å². The summed E-state index contributed by atoms with van der Waals surface area (Å²) in [6.07, 6.45) is 1.04. The van der Waals surface area contributed by atoms with Crippen LogP contribution < -0.4 is 0 Å². The fourth-order valence-electron chi connectivity index (χ4n) is 2.75. The van der Waals surface area contributed by atoms with Crippen molar-refractivity contribution in [2.24, 2.45) is 11.3 Å². The molecule has 0 aromatic heterocycles. The fourth-order valence-corrected chi connectivity index (χ4v) is 2.75. The molecule has 0 heterocycles. The van der Waals surface area contributed by atoms with E-state index >= 15 is 0 Å². The molecule has 1 aromatic rings. The first-order chi connectivity index (χ1) is 8.27. The first kappa shape index (κ1) is 13.1. The number of halogens is 1. The van der Waals surface area contributed by atoms with Gasteiger partial charge >= 0.3 is 5.97 Å². The van der Waals surface area contributed by atoms with E-state index in [1.54, 1.807) is 18.2 Å². The monoisotopic (exact) mass is 250 g/mol. The molecule has 2 rings (SSSR count). The molecule has 0 aliphatic heterocycles. The molecule has 3 heteroatoms. The Hall–Kier alpha value is -1.38. The number of carboxylic acids is 1. The average molecular weight is 250 g/mol. The molecule has 0 spiro atoms. The summed E-state index contributed by atoms with van der Waals surface area (Å²) in [6, 6.07) is 6.23. The van der Waals surface area contributed by atoms with Crippen LogP contribution in [-0.2, 0) is 10.2 Å². The van der Waals surface area contributed by atoms with Crippen LogP contribution >= 0.6 is 0 Å². The predicted octanol–water partition coefficient (Wildman–Crippen LogP) is 3.60. The van der Waals surface area contributed by atoms with Gasteiger partial charge < -0.3 is 5.11 Å². The first-order valence-electron chi connectivity index (χ1n) is 6.26. The van der Waals surface area contributed by atoms with Crippen molar-refractivity contribution in [3.63, 3.8) is 0 Å². The quantitative estimate of drug-likeness (QED) is 0.870. The van der Waals surface area contributed by atoms with Crippen molar-refractivity contribution >= 4 is 5.97 Å². The summed E-state index contributed by atoms with van der Waals surface area (Å²) < 4.78 is 13.8. The highest BCUT2D eigenvalue weighted by Gasteiger charge is 2.55. The van der Waals surface area contributed by atoms with Crippen LogP contribution in [0.25, 0.3) is 0 Å². The van der Waals surface area contributed by atoms with Gasteiger partial charge in [0.05, 0.1) is 5.41 Å². The Morgan fingerprint density at radius 3 is 2.33 bits per heavy atom. The molecule has 0 bridgehead atoms. The second kappa shape index (κ2) is 4.08. The zero-order valence-electron chi connectivity index (χ0n) is 11.0. The molecule has 0 radical (unpaired) electrons. The van der Waals surface area contributed by atoms with Crippen molar-refractivity contribution in [2.75, 3.05) is 0 Å². The highest BCUT2D eigenvalue weighted by Crippen LogP contribution is 2.54. The SMILES string of the molecule is CC(C)(C)C1CC(C(=O)O)(c2ccccc2F)C1. The van der Waals surface area contributed by atoms with E-state index in [1.165, 1.54) is 6.07 Å². The number of benzene rings is 1. The van der Waals surface area contributed by atoms with Crippen LogP contribution in [0.3, 0.4) is 0 Å². The average Bonchev–Trinajstić information content (AvgIpc) is 2.16. The fraction of sp³-hybridized carbons (Fsp3) is 0.533. The van der Waals surface area contributed by atoms with Crippen LogP contribution in [0.2, 0.25) is 0 Å². The van der Waals surface area contributed by atoms with E-state index in [2.05, 4.69) is 20.8 Å². The van der Waals surface area contributed by atoms with Gasteiger partial charge in [-0.3, -0.25) is 4.79 Å². The number of rotatable bonds is 2. The molecule has 1 aliphatic rings. The molecule has 1 saturated carbocycles. The van der Waals surface area contributed by atoms with Crippen molar-refractivity contribution in [2.45, 2.75) is 39.0 Å². The number of hydrogen-bond donors (Lipinski definition) is 1. The molecule has 98 valence electrons. The molecule has 0 amide bonds. The molecular weight excluding hydrogens is 231 g/mol. The summed E-state index contributed by atoms with van der Waals surface area (Å²) in [7, 11) is 0. The van der Waals surface area contributed by atoms with Crippen LogP contribution in [-0.4, -0.2) is 11.1 Å². The van der Waals surface area contributed by atoms with Crippen molar-refractivity contribution in [1.29, 1.82) is 0 Å². The highest BCUT2D eigenvalue weighted by molar-refractivity contribution is 5.83. The van der Waals surface area contributed by atoms with Gasteiger partial charge in [-0.25, -0.2) is 4.39 Å². The lowest BCUT2D eigenvalue weighted by molar-refractivity contribution is -0.152. The summed E-state index contributed by atoms with van der Waals surface area (Å²) in [4.78, 5) is 11.6. The van der Waals surface area contributed by atoms with Gasteiger partial charge in [0.15, 0.2) is 0 Å². The Bertz CT molecular complexity index is 468. The van der Waals surface area contributed by atoms with E-state index in [0.717, 1.165) is 0 Å². The molecule has 1 fully saturated rings. The van der Waals surface area contributed by atoms with Gasteiger partial charge in [0.2, 0.25) is 0 Å². The zero-order chi connectivity index (χ0) is 13.6. The molecule has 1 N–H and O–H groups in total. The van der Waals surface area contributed by atoms with Crippen LogP contribution in [0.1, 0.15) is 39.2 Å². The summed E-state index contributed by atoms with van der Waals surface area (Å²) in [5.74, 6) is -0.992. The Morgan fingerprint density at radius 1 is 1.33 bits per heavy atom. The topological polar surface area (TPSA) is 37.3 Å². The standard InChI is InChI=1S/C15H19FO2/c1-14(2,3)10-8-15(9-10,13(17)18)11-6-4-5-7-12(11)16/h4-7,10H,8-9H2,1-3H3,(H,17,18). The Labute approximate surface area is 107 Å². The normalized spacial score (nSPS) is 27.7. The molecule has 2 nitrogen and oxygen atoms in total. The second-order valence-electron chi connectivity index (χ2n) is 6.34. The van der Waals surface area contributed by atoms with Crippen LogP contribution in [0, 0.1) is 17.2 Å². The van der Waals surface area contributed by atoms with E-state index in [1.807, 2.05) is 0 Å². The summed E-state index contributed by atoms with van der Waals surface area (Å²) in [6.45, 7) is 6.31. The maximum Gasteiger partial charge on any atom is 0.314 e. The van der Waals surface area contributed by atoms with E-state index in [-0.39, 0.29) is 5.41 Å². The van der Waals surface area contributed by atoms with Gasteiger partial charge in [-0.2, -0.15) is 0 Å². The number of hydrogen-bond acceptors (Lipinski definition) is 1. The molecular formula is C15H19FO2. The third kappa shape index (κ3) is 1.92. The third-order valence-corrected chi connectivity index (χ3v) is 4.21. The van der Waals surface area contributed by atoms with E-state index in [9.17, 15) is 14.3 Å². The lowest BCUT2D eigenvalue weighted by atomic mass is 9.52. The van der Waals surface area contributed by atoms with Gasteiger partial charge in [0, 0.05) is 5.56 Å². The van der Waals surface area contributed by atoms with Gasteiger partial charge in [-0.1, -0.05) is 39.0 Å². The Kier molecular flexibility index (Phi) is 2.96. The van der Waals surface area contributed by atoms with Crippen LogP contribution in [0.4, 0.5) is 4.39 Å². The van der Waals surface area contributed by atoms with Gasteiger partial charge in [0.25, 0.3) is 0 Å². The van der Waals surface area contributed by atoms with Crippen molar-refractivity contribution in [3.8, 4) is 0 Å². The van der Waals surface area contributed by atoms with Gasteiger partial charge in [-0.05, 0) is 30.2 Å². The van der Waals surface area contributed by atoms with E-state index in [0.29, 0.717) is 24.3 Å². The van der Waals surface area contributed by atoms with Crippen LogP contribution in [0.5, 0.6) is 0 Å². The first-order valence-corrected chi connectivity index (χ1v) is 6.26. The molecule has 1 aromatic carbocycles. The molecule has 18 heavy (non-hydrogen) atoms. The van der Waals surface area contributed by atoms with Crippen molar-refractivity contribution < 1.29 is 14.3 Å². The number of aliphatic carboxylic acids is 1. The zero-order valence-corrected chi connectivity index (χ0v) is 11.0. The van der Waals surface area contributed by atoms with Crippen molar-refractivity contribution in [1.82, 2.24) is 0 Å². The largest absolute Gasteiger partial charge is 0.481 e. The minimum absolute atomic E-state index is 0.0736. The molecule has 0 saturated heterocycles. The van der Waals surface area contributed by atoms with E-state index in [4.69, 9.17) is 0 Å². The second-order valence-corrected chi connectivity index (χ2v) is 6.34. The van der Waals surface area contributed by atoms with E-state index < -0.39 is 17.2 Å². The predicted molar refractivity (Wildman–Crippen MR) is 67.9 cm³/mol. The minimum atomic E-state index is -1.02. The lowest BCUT2D eigenvalue weighted by Crippen LogP contribution is -2.52. The Morgan fingerprint density at radius 2 is 1.89 bits per heavy atom. The summed E-state index contributed by atoms with van der Waals surface area (Å²) in [5.41, 5.74) is -0.619. The van der Waals surface area contributed by atoms with Gasteiger partial charge in [-0.15, -0.1) is 0 Å². The Balaban J connectivity index is 2.34. The molecule has 0 unspecified atom stereocenters. The molecule has 0 atom stereocenters. The summed E-state index contributed by atoms with van der Waals surface area (Å²) >= 11 is 0. The maximum atomic E-state index is 13.8. The summed E-state index contributed by atoms with van der Waals surface area (Å²) in [5, 5.41) is 9.48. The molecule has 1 aliphatic carbocycles. The van der Waals surface area contributed by atoms with Crippen molar-refractivity contribution in [3.05, 3.63) is 35.6 Å². The number of carbonyl (C=O) groups is 1. The smallest absolute Gasteiger partial charge is 0.314 e. The third-order valence-electron chi connectivity index (χ3n) is 4.21. The number of carboxylic acid groups (broad SMARTS) is 1. The highest BCUT2D eigenvalue weighted by atomic mass is 19.1. The minimum Gasteiger partial charge on any atom is -0.481 e. The van der Waals surface area contributed by atoms with Crippen LogP contribution in [0.15, 0.2) is 24.3 Å².